The number of allylic oxidation sites excluding steroid dienone is 2. The van der Waals surface area contributed by atoms with Crippen molar-refractivity contribution in [3.05, 3.63) is 11.1 Å². The van der Waals surface area contributed by atoms with Crippen LogP contribution in [-0.2, 0) is 4.79 Å². The van der Waals surface area contributed by atoms with Gasteiger partial charge in [-0.2, -0.15) is 0 Å². The predicted molar refractivity (Wildman–Crippen MR) is 131 cm³/mol. The maximum Gasteiger partial charge on any atom is 0.404 e. The summed E-state index contributed by atoms with van der Waals surface area (Å²) in [7, 11) is 0. The van der Waals surface area contributed by atoms with Crippen molar-refractivity contribution in [3.63, 3.8) is 0 Å². The highest BCUT2D eigenvalue weighted by molar-refractivity contribution is 5.96. The minimum absolute atomic E-state index is 0.0713. The molecule has 1 unspecified atom stereocenters. The number of hydrogen-bond acceptors (Lipinski definition) is 2. The largest absolute Gasteiger partial charge is 0.465 e. The Morgan fingerprint density at radius 1 is 0.903 bits per heavy atom. The molecule has 0 radical (unpaired) electrons. The van der Waals surface area contributed by atoms with Gasteiger partial charge in [-0.25, -0.2) is 4.79 Å². The number of rotatable bonds is 17. The first kappa shape index (κ1) is 27.7. The van der Waals surface area contributed by atoms with Gasteiger partial charge in [-0.05, 0) is 50.5 Å². The van der Waals surface area contributed by atoms with Gasteiger partial charge in [0, 0.05) is 12.5 Å². The quantitative estimate of drug-likeness (QED) is 0.226. The van der Waals surface area contributed by atoms with Crippen molar-refractivity contribution in [2.75, 3.05) is 0 Å². The van der Waals surface area contributed by atoms with E-state index in [-0.39, 0.29) is 11.5 Å². The molecule has 0 heterocycles. The molecular formula is C27H49NO3. The minimum Gasteiger partial charge on any atom is -0.465 e. The predicted octanol–water partition coefficient (Wildman–Crippen LogP) is 8.20. The molecule has 1 atom stereocenters. The number of carbonyl (C=O) groups excluding carboxylic acids is 1. The van der Waals surface area contributed by atoms with Gasteiger partial charge in [0.25, 0.3) is 0 Å². The zero-order valence-electron chi connectivity index (χ0n) is 20.9. The van der Waals surface area contributed by atoms with Crippen LogP contribution in [0.15, 0.2) is 11.1 Å². The van der Waals surface area contributed by atoms with Crippen molar-refractivity contribution in [3.8, 4) is 0 Å². The van der Waals surface area contributed by atoms with Gasteiger partial charge in [-0.1, -0.05) is 96.5 Å². The first-order valence-electron chi connectivity index (χ1n) is 13.0. The summed E-state index contributed by atoms with van der Waals surface area (Å²) in [5.41, 5.74) is 2.70. The van der Waals surface area contributed by atoms with E-state index in [1.165, 1.54) is 82.6 Å². The van der Waals surface area contributed by atoms with E-state index >= 15 is 0 Å². The Bertz CT molecular complexity index is 565. The Morgan fingerprint density at radius 3 is 1.84 bits per heavy atom. The van der Waals surface area contributed by atoms with Crippen LogP contribution in [0.2, 0.25) is 0 Å². The molecular weight excluding hydrogens is 386 g/mol. The molecule has 1 rings (SSSR count). The fourth-order valence-corrected chi connectivity index (χ4v) is 4.95. The van der Waals surface area contributed by atoms with Gasteiger partial charge in [0.05, 0.1) is 0 Å². The van der Waals surface area contributed by atoms with Gasteiger partial charge in [-0.15, -0.1) is 0 Å². The summed E-state index contributed by atoms with van der Waals surface area (Å²) in [6, 6.07) is 0.0713. The van der Waals surface area contributed by atoms with Crippen LogP contribution in [0.3, 0.4) is 0 Å². The lowest BCUT2D eigenvalue weighted by molar-refractivity contribution is -0.116. The van der Waals surface area contributed by atoms with E-state index < -0.39 is 6.09 Å². The van der Waals surface area contributed by atoms with Crippen LogP contribution in [0.25, 0.3) is 0 Å². The number of hydrogen-bond donors (Lipinski definition) is 2. The van der Waals surface area contributed by atoms with Crippen molar-refractivity contribution < 1.29 is 14.7 Å². The number of ketones is 1. The normalized spacial score (nSPS) is 17.1. The summed E-state index contributed by atoms with van der Waals surface area (Å²) >= 11 is 0. The van der Waals surface area contributed by atoms with Gasteiger partial charge >= 0.3 is 6.09 Å². The summed E-state index contributed by atoms with van der Waals surface area (Å²) < 4.78 is 0. The molecule has 1 aliphatic carbocycles. The summed E-state index contributed by atoms with van der Waals surface area (Å²) in [6.07, 6.45) is 19.8. The third-order valence-electron chi connectivity index (χ3n) is 7.10. The molecule has 1 aliphatic rings. The summed E-state index contributed by atoms with van der Waals surface area (Å²) in [4.78, 5) is 22.6. The topological polar surface area (TPSA) is 66.4 Å². The number of nitrogens with one attached hydrogen (secondary N) is 1. The van der Waals surface area contributed by atoms with E-state index in [0.29, 0.717) is 5.78 Å². The number of Topliss-reactive ketones (excluding diaryl/α,β-unsaturated/α-hetero) is 1. The highest BCUT2D eigenvalue weighted by Gasteiger charge is 2.31. The lowest BCUT2D eigenvalue weighted by atomic mass is 9.70. The number of carboxylic acid groups (broad SMARTS) is 1. The second-order valence-corrected chi connectivity index (χ2v) is 10.4. The van der Waals surface area contributed by atoms with Crippen molar-refractivity contribution in [1.29, 1.82) is 0 Å². The molecule has 2 N–H and O–H groups in total. The van der Waals surface area contributed by atoms with Crippen LogP contribution < -0.4 is 5.32 Å². The Hall–Kier alpha value is -1.32. The molecule has 31 heavy (non-hydrogen) atoms. The van der Waals surface area contributed by atoms with Gasteiger partial charge in [-0.3, -0.25) is 4.79 Å². The molecule has 180 valence electrons. The number of amides is 1. The fraction of sp³-hybridized carbons (Fsp3) is 0.852. The Kier molecular flexibility index (Phi) is 13.8. The Labute approximate surface area is 191 Å². The van der Waals surface area contributed by atoms with Crippen LogP contribution in [0, 0.1) is 5.41 Å². The van der Waals surface area contributed by atoms with Crippen molar-refractivity contribution in [2.24, 2.45) is 5.41 Å². The second kappa shape index (κ2) is 15.5. The average molecular weight is 436 g/mol. The van der Waals surface area contributed by atoms with Gasteiger partial charge in [0.2, 0.25) is 0 Å². The van der Waals surface area contributed by atoms with Crippen LogP contribution in [0.5, 0.6) is 0 Å². The van der Waals surface area contributed by atoms with E-state index in [0.717, 1.165) is 37.7 Å². The van der Waals surface area contributed by atoms with Crippen molar-refractivity contribution in [2.45, 2.75) is 143 Å². The zero-order chi connectivity index (χ0) is 23.1. The molecule has 0 aromatic rings. The Morgan fingerprint density at radius 2 is 1.35 bits per heavy atom. The highest BCUT2D eigenvalue weighted by Crippen LogP contribution is 2.41. The van der Waals surface area contributed by atoms with E-state index in [1.54, 1.807) is 0 Å². The standard InChI is InChI=1S/C27H49NO3/c1-22(28-26(30)31)18-16-14-12-10-8-6-5-7-9-11-13-15-17-19-24-23(2)25(29)20-21-27(24,3)4/h22,28H,5-21H2,1-4H3,(H,30,31). The maximum atomic E-state index is 12.0. The lowest BCUT2D eigenvalue weighted by Gasteiger charge is -2.34. The van der Waals surface area contributed by atoms with Crippen molar-refractivity contribution in [1.82, 2.24) is 5.32 Å². The highest BCUT2D eigenvalue weighted by atomic mass is 16.4. The zero-order valence-corrected chi connectivity index (χ0v) is 20.9. The molecule has 0 saturated heterocycles. The second-order valence-electron chi connectivity index (χ2n) is 10.4. The van der Waals surface area contributed by atoms with Crippen LogP contribution in [0.1, 0.15) is 137 Å². The molecule has 0 aliphatic heterocycles. The summed E-state index contributed by atoms with van der Waals surface area (Å²) in [5, 5.41) is 11.2. The molecule has 4 nitrogen and oxygen atoms in total. The van der Waals surface area contributed by atoms with Gasteiger partial charge < -0.3 is 10.4 Å². The smallest absolute Gasteiger partial charge is 0.404 e. The third-order valence-corrected chi connectivity index (χ3v) is 7.10. The summed E-state index contributed by atoms with van der Waals surface area (Å²) in [5.74, 6) is 0.372. The molecule has 0 aromatic heterocycles. The van der Waals surface area contributed by atoms with Gasteiger partial charge in [0.1, 0.15) is 0 Å². The minimum atomic E-state index is -0.915. The van der Waals surface area contributed by atoms with E-state index in [2.05, 4.69) is 19.2 Å². The first-order valence-corrected chi connectivity index (χ1v) is 13.0. The van der Waals surface area contributed by atoms with Crippen LogP contribution >= 0.6 is 0 Å². The SMILES string of the molecule is CC1=C(CCCCCCCCCCCCCCCC(C)NC(=O)O)C(C)(C)CCC1=O. The number of unbranched alkanes of at least 4 members (excludes halogenated alkanes) is 12. The monoisotopic (exact) mass is 435 g/mol. The van der Waals surface area contributed by atoms with Crippen molar-refractivity contribution >= 4 is 11.9 Å². The van der Waals surface area contributed by atoms with E-state index in [1.807, 2.05) is 13.8 Å². The van der Waals surface area contributed by atoms with Gasteiger partial charge in [0.15, 0.2) is 5.78 Å². The molecule has 0 saturated carbocycles. The van der Waals surface area contributed by atoms with Crippen LogP contribution in [0.4, 0.5) is 4.79 Å². The Balaban J connectivity index is 1.89. The van der Waals surface area contributed by atoms with E-state index in [4.69, 9.17) is 5.11 Å². The molecule has 0 aromatic carbocycles. The fourth-order valence-electron chi connectivity index (χ4n) is 4.95. The number of carbonyl (C=O) groups is 2. The van der Waals surface area contributed by atoms with Crippen LogP contribution in [-0.4, -0.2) is 23.0 Å². The lowest BCUT2D eigenvalue weighted by Crippen LogP contribution is -2.30. The molecule has 0 bridgehead atoms. The van der Waals surface area contributed by atoms with E-state index in [9.17, 15) is 9.59 Å². The first-order chi connectivity index (χ1) is 14.7. The molecule has 0 fully saturated rings. The summed E-state index contributed by atoms with van der Waals surface area (Å²) in [6.45, 7) is 8.59. The maximum absolute atomic E-state index is 12.0. The molecule has 0 spiro atoms. The molecule has 4 heteroatoms. The third kappa shape index (κ3) is 12.3. The molecule has 1 amide bonds. The average Bonchev–Trinajstić information content (AvgIpc) is 2.69.